The third-order valence-electron chi connectivity index (χ3n) is 4.86. The summed E-state index contributed by atoms with van der Waals surface area (Å²) >= 11 is 3.62. The van der Waals surface area contributed by atoms with Crippen LogP contribution in [0.5, 0.6) is 0 Å². The molecule has 3 aliphatic heterocycles. The zero-order valence-corrected chi connectivity index (χ0v) is 13.4. The van der Waals surface area contributed by atoms with Gasteiger partial charge in [-0.3, -0.25) is 4.79 Å². The molecular formula is C16H16BrNO4. The number of amides is 1. The topological polar surface area (TPSA) is 55.8 Å². The van der Waals surface area contributed by atoms with Crippen LogP contribution in [0.4, 0.5) is 4.79 Å². The third-order valence-corrected chi connectivity index (χ3v) is 6.12. The Morgan fingerprint density at radius 1 is 1.36 bits per heavy atom. The zero-order valence-electron chi connectivity index (χ0n) is 11.9. The first kappa shape index (κ1) is 14.1. The third kappa shape index (κ3) is 2.12. The van der Waals surface area contributed by atoms with Crippen molar-refractivity contribution in [1.29, 1.82) is 0 Å². The molecule has 22 heavy (non-hydrogen) atoms. The number of halogens is 1. The lowest BCUT2D eigenvalue weighted by Gasteiger charge is -2.48. The molecule has 4 aliphatic rings. The smallest absolute Gasteiger partial charge is 0.410 e. The molecule has 0 N–H and O–H groups in total. The van der Waals surface area contributed by atoms with Gasteiger partial charge >= 0.3 is 12.1 Å². The molecular weight excluding hydrogens is 350 g/mol. The molecule has 3 saturated heterocycles. The number of hydrogen-bond acceptors (Lipinski definition) is 4. The van der Waals surface area contributed by atoms with Gasteiger partial charge < -0.3 is 14.4 Å². The van der Waals surface area contributed by atoms with E-state index in [0.29, 0.717) is 6.54 Å². The molecule has 5 atom stereocenters. The first-order valence-corrected chi connectivity index (χ1v) is 8.38. The number of ether oxygens (including phenoxy) is 2. The Hall–Kier alpha value is -1.56. The fourth-order valence-corrected chi connectivity index (χ4v) is 4.62. The lowest BCUT2D eigenvalue weighted by Crippen LogP contribution is -2.63. The highest BCUT2D eigenvalue weighted by molar-refractivity contribution is 9.09. The van der Waals surface area contributed by atoms with Gasteiger partial charge in [0.05, 0.1) is 16.8 Å². The Labute approximate surface area is 136 Å². The van der Waals surface area contributed by atoms with Crippen LogP contribution in [0.3, 0.4) is 0 Å². The molecule has 4 bridgehead atoms. The van der Waals surface area contributed by atoms with Crippen molar-refractivity contribution < 1.29 is 19.1 Å². The largest absolute Gasteiger partial charge is 0.459 e. The molecule has 3 heterocycles. The van der Waals surface area contributed by atoms with Crippen LogP contribution < -0.4 is 0 Å². The fourth-order valence-electron chi connectivity index (χ4n) is 3.82. The van der Waals surface area contributed by atoms with E-state index >= 15 is 0 Å². The Bertz CT molecular complexity index is 607. The van der Waals surface area contributed by atoms with Gasteiger partial charge in [0.2, 0.25) is 0 Å². The van der Waals surface area contributed by atoms with E-state index in [-0.39, 0.29) is 47.5 Å². The predicted molar refractivity (Wildman–Crippen MR) is 81.3 cm³/mol. The maximum atomic E-state index is 12.4. The molecule has 0 radical (unpaired) electrons. The van der Waals surface area contributed by atoms with Crippen LogP contribution in [-0.4, -0.2) is 40.5 Å². The first-order valence-electron chi connectivity index (χ1n) is 7.47. The summed E-state index contributed by atoms with van der Waals surface area (Å²) < 4.78 is 10.9. The number of alkyl halides is 1. The first-order chi connectivity index (χ1) is 10.6. The van der Waals surface area contributed by atoms with E-state index in [9.17, 15) is 9.59 Å². The average molecular weight is 366 g/mol. The molecule has 0 aromatic heterocycles. The summed E-state index contributed by atoms with van der Waals surface area (Å²) in [5.74, 6) is -0.125. The second-order valence-corrected chi connectivity index (χ2v) is 7.19. The van der Waals surface area contributed by atoms with E-state index in [1.54, 1.807) is 4.90 Å². The maximum absolute atomic E-state index is 12.4. The number of nitrogens with zero attached hydrogens (tertiary/aromatic N) is 1. The van der Waals surface area contributed by atoms with Crippen molar-refractivity contribution in [2.24, 2.45) is 11.8 Å². The Balaban J connectivity index is 1.47. The van der Waals surface area contributed by atoms with E-state index in [4.69, 9.17) is 9.47 Å². The quantitative estimate of drug-likeness (QED) is 0.596. The number of piperidine rings is 2. The van der Waals surface area contributed by atoms with E-state index in [0.717, 1.165) is 12.0 Å². The lowest BCUT2D eigenvalue weighted by atomic mass is 9.73. The van der Waals surface area contributed by atoms with Crippen LogP contribution >= 0.6 is 15.9 Å². The summed E-state index contributed by atoms with van der Waals surface area (Å²) in [7, 11) is 0. The van der Waals surface area contributed by atoms with Crippen LogP contribution in [0, 0.1) is 11.8 Å². The molecule has 1 aliphatic carbocycles. The summed E-state index contributed by atoms with van der Waals surface area (Å²) in [6.45, 7) is 0.868. The minimum absolute atomic E-state index is 0.137. The van der Waals surface area contributed by atoms with E-state index in [1.807, 2.05) is 30.3 Å². The Kier molecular flexibility index (Phi) is 3.36. The Morgan fingerprint density at radius 2 is 2.14 bits per heavy atom. The van der Waals surface area contributed by atoms with Crippen molar-refractivity contribution in [1.82, 2.24) is 4.90 Å². The molecule has 5 rings (SSSR count). The Morgan fingerprint density at radius 3 is 2.91 bits per heavy atom. The molecule has 0 spiro atoms. The summed E-state index contributed by atoms with van der Waals surface area (Å²) in [5, 5.41) is 0. The van der Waals surface area contributed by atoms with Crippen molar-refractivity contribution >= 4 is 28.0 Å². The monoisotopic (exact) mass is 365 g/mol. The second kappa shape index (κ2) is 5.26. The number of carbonyl (C=O) groups excluding carboxylic acids is 2. The number of benzene rings is 1. The number of rotatable bonds is 2. The van der Waals surface area contributed by atoms with Crippen molar-refractivity contribution in [3.63, 3.8) is 0 Å². The number of hydrogen-bond donors (Lipinski definition) is 0. The predicted octanol–water partition coefficient (Wildman–Crippen LogP) is 2.33. The van der Waals surface area contributed by atoms with Gasteiger partial charge in [0, 0.05) is 6.54 Å². The minimum Gasteiger partial charge on any atom is -0.459 e. The molecule has 1 aromatic carbocycles. The SMILES string of the molecule is O=C1OC2C(Br)C3CC1C2N(C(=O)OCc1ccccc1)C3. The number of fused-ring (bicyclic) bond motifs is 1. The van der Waals surface area contributed by atoms with Crippen LogP contribution in [0.1, 0.15) is 12.0 Å². The van der Waals surface area contributed by atoms with Gasteiger partial charge in [-0.2, -0.15) is 0 Å². The molecule has 6 heteroatoms. The van der Waals surface area contributed by atoms with Gasteiger partial charge in [-0.1, -0.05) is 46.3 Å². The minimum atomic E-state index is -0.355. The maximum Gasteiger partial charge on any atom is 0.410 e. The molecule has 116 valence electrons. The van der Waals surface area contributed by atoms with Gasteiger partial charge in [0.1, 0.15) is 12.7 Å². The second-order valence-electron chi connectivity index (χ2n) is 6.13. The van der Waals surface area contributed by atoms with Gasteiger partial charge in [0.15, 0.2) is 0 Å². The van der Waals surface area contributed by atoms with Crippen molar-refractivity contribution in [2.45, 2.75) is 30.0 Å². The normalized spacial score (nSPS) is 35.4. The van der Waals surface area contributed by atoms with Crippen LogP contribution in [0.15, 0.2) is 30.3 Å². The summed E-state index contributed by atoms with van der Waals surface area (Å²) in [6.07, 6.45) is 0.193. The molecule has 4 fully saturated rings. The standard InChI is InChI=1S/C16H16BrNO4/c17-12-10-6-11-13(14(12)22-15(11)19)18(7-10)16(20)21-8-9-4-2-1-3-5-9/h1-5,10-14H,6-8H2. The van der Waals surface area contributed by atoms with Crippen LogP contribution in [-0.2, 0) is 20.9 Å². The summed E-state index contributed by atoms with van der Waals surface area (Å²) in [4.78, 5) is 26.2. The number of carbonyl (C=O) groups is 2. The van der Waals surface area contributed by atoms with Crippen LogP contribution in [0.2, 0.25) is 0 Å². The molecule has 1 aromatic rings. The van der Waals surface area contributed by atoms with Gasteiger partial charge in [-0.15, -0.1) is 0 Å². The van der Waals surface area contributed by atoms with Gasteiger partial charge in [0.25, 0.3) is 0 Å². The van der Waals surface area contributed by atoms with Crippen molar-refractivity contribution in [3.05, 3.63) is 35.9 Å². The van der Waals surface area contributed by atoms with Crippen molar-refractivity contribution in [2.75, 3.05) is 6.54 Å². The van der Waals surface area contributed by atoms with Crippen LogP contribution in [0.25, 0.3) is 0 Å². The van der Waals surface area contributed by atoms with Gasteiger partial charge in [-0.05, 0) is 17.9 Å². The molecule has 1 saturated carbocycles. The highest BCUT2D eigenvalue weighted by Gasteiger charge is 2.62. The molecule has 1 amide bonds. The van der Waals surface area contributed by atoms with E-state index in [2.05, 4.69) is 15.9 Å². The lowest BCUT2D eigenvalue weighted by molar-refractivity contribution is -0.143. The molecule has 5 nitrogen and oxygen atoms in total. The van der Waals surface area contributed by atoms with Gasteiger partial charge in [-0.25, -0.2) is 4.79 Å². The van der Waals surface area contributed by atoms with Crippen molar-refractivity contribution in [3.8, 4) is 0 Å². The average Bonchev–Trinajstić information content (AvgIpc) is 2.84. The molecule has 5 unspecified atom stereocenters. The number of esters is 1. The summed E-state index contributed by atoms with van der Waals surface area (Å²) in [6, 6.07) is 9.39. The highest BCUT2D eigenvalue weighted by atomic mass is 79.9. The fraction of sp³-hybridized carbons (Fsp3) is 0.500. The van der Waals surface area contributed by atoms with E-state index in [1.165, 1.54) is 0 Å². The highest BCUT2D eigenvalue weighted by Crippen LogP contribution is 2.48. The summed E-state index contributed by atoms with van der Waals surface area (Å²) in [5.41, 5.74) is 0.951. The van der Waals surface area contributed by atoms with E-state index < -0.39 is 0 Å². The zero-order chi connectivity index (χ0) is 15.3.